The maximum Gasteiger partial charge on any atom is 0.337 e. The third-order valence-electron chi connectivity index (χ3n) is 4.68. The fourth-order valence-corrected chi connectivity index (χ4v) is 3.41. The maximum atomic E-state index is 12.7. The second kappa shape index (κ2) is 8.17. The number of aromatic nitrogens is 1. The molecule has 0 spiro atoms. The molecule has 0 radical (unpaired) electrons. The Hall–Kier alpha value is -3.36. The molecule has 2 aromatic carbocycles. The Kier molecular flexibility index (Phi) is 5.43. The molecule has 1 aromatic heterocycles. The minimum atomic E-state index is -0.599. The van der Waals surface area contributed by atoms with Crippen LogP contribution in [0, 0.1) is 0 Å². The summed E-state index contributed by atoms with van der Waals surface area (Å²) in [6, 6.07) is 12.3. The number of aliphatic hydroxyl groups is 1. The molecule has 9 heteroatoms. The normalized spacial score (nSPS) is 14.0. The third-order valence-corrected chi connectivity index (χ3v) is 4.92. The second-order valence-electron chi connectivity index (χ2n) is 6.63. The summed E-state index contributed by atoms with van der Waals surface area (Å²) in [7, 11) is 1.26. The predicted octanol–water partition coefficient (Wildman–Crippen LogP) is 2.82. The van der Waals surface area contributed by atoms with Crippen molar-refractivity contribution < 1.29 is 23.8 Å². The van der Waals surface area contributed by atoms with Crippen molar-refractivity contribution in [3.63, 3.8) is 0 Å². The summed E-state index contributed by atoms with van der Waals surface area (Å²) >= 11 is 6.00. The van der Waals surface area contributed by atoms with E-state index in [0.717, 1.165) is 0 Å². The van der Waals surface area contributed by atoms with Crippen molar-refractivity contribution in [2.75, 3.05) is 32.1 Å². The van der Waals surface area contributed by atoms with E-state index in [4.69, 9.17) is 25.9 Å². The number of carbonyl (C=O) groups is 2. The lowest BCUT2D eigenvalue weighted by Gasteiger charge is -2.15. The molecule has 0 bridgehead atoms. The molecule has 8 nitrogen and oxygen atoms in total. The van der Waals surface area contributed by atoms with Crippen molar-refractivity contribution in [3.8, 4) is 11.5 Å². The van der Waals surface area contributed by atoms with E-state index < -0.39 is 5.97 Å². The number of rotatable bonds is 6. The molecular weight excluding hydrogens is 410 g/mol. The maximum absolute atomic E-state index is 12.7. The number of oxazole rings is 1. The number of esters is 1. The molecule has 3 aromatic rings. The summed E-state index contributed by atoms with van der Waals surface area (Å²) in [5, 5.41) is 12.7. The first-order valence-electron chi connectivity index (χ1n) is 9.15. The van der Waals surface area contributed by atoms with Crippen LogP contribution in [0.3, 0.4) is 0 Å². The highest BCUT2D eigenvalue weighted by molar-refractivity contribution is 6.31. The van der Waals surface area contributed by atoms with Gasteiger partial charge in [-0.25, -0.2) is 9.78 Å². The highest BCUT2D eigenvalue weighted by atomic mass is 35.5. The van der Waals surface area contributed by atoms with E-state index in [0.29, 0.717) is 33.3 Å². The molecular formula is C21H18ClN3O5. The zero-order chi connectivity index (χ0) is 21.3. The summed E-state index contributed by atoms with van der Waals surface area (Å²) in [5.74, 6) is -0.581. The number of β-amino-alcohol motifs (C(OH)–C–C–N with tert-alkyl or cyclic N) is 1. The van der Waals surface area contributed by atoms with E-state index in [1.54, 1.807) is 36.4 Å². The third kappa shape index (κ3) is 3.74. The van der Waals surface area contributed by atoms with Gasteiger partial charge in [0.1, 0.15) is 11.2 Å². The molecule has 4 rings (SSSR count). The summed E-state index contributed by atoms with van der Waals surface area (Å²) in [6.07, 6.45) is 0. The van der Waals surface area contributed by atoms with Gasteiger partial charge in [0, 0.05) is 28.9 Å². The topological polar surface area (TPSA) is 105 Å². The van der Waals surface area contributed by atoms with Gasteiger partial charge in [-0.05, 0) is 30.3 Å². The number of carbonyl (C=O) groups excluding carboxylic acids is 2. The minimum Gasteiger partial charge on any atom is -0.466 e. The van der Waals surface area contributed by atoms with Crippen LogP contribution < -0.4 is 5.32 Å². The largest absolute Gasteiger partial charge is 0.466 e. The molecule has 1 amide bonds. The molecule has 2 heterocycles. The van der Waals surface area contributed by atoms with Gasteiger partial charge in [0.25, 0.3) is 5.91 Å². The Labute approximate surface area is 176 Å². The number of ether oxygens (including phenoxy) is 1. The van der Waals surface area contributed by atoms with E-state index in [1.165, 1.54) is 12.0 Å². The molecule has 0 saturated heterocycles. The van der Waals surface area contributed by atoms with Gasteiger partial charge in [0.15, 0.2) is 5.58 Å². The van der Waals surface area contributed by atoms with E-state index in [9.17, 15) is 9.59 Å². The Morgan fingerprint density at radius 2 is 2.17 bits per heavy atom. The highest BCUT2D eigenvalue weighted by Gasteiger charge is 2.34. The van der Waals surface area contributed by atoms with Gasteiger partial charge in [-0.3, -0.25) is 4.79 Å². The van der Waals surface area contributed by atoms with Crippen LogP contribution in [0.15, 0.2) is 58.2 Å². The first-order valence-corrected chi connectivity index (χ1v) is 9.53. The van der Waals surface area contributed by atoms with Crippen LogP contribution in [0.25, 0.3) is 22.6 Å². The van der Waals surface area contributed by atoms with Gasteiger partial charge in [-0.1, -0.05) is 17.7 Å². The lowest BCUT2D eigenvalue weighted by Crippen LogP contribution is -2.31. The average molecular weight is 428 g/mol. The minimum absolute atomic E-state index is 0.0694. The number of nitrogens with one attached hydrogen (secondary N) is 1. The lowest BCUT2D eigenvalue weighted by atomic mass is 10.1. The number of halogens is 1. The fourth-order valence-electron chi connectivity index (χ4n) is 3.25. The van der Waals surface area contributed by atoms with Crippen LogP contribution in [0.5, 0.6) is 0 Å². The SMILES string of the molecule is COC(=O)C1=C(Nc2cccc(-c3nc4ccc(Cl)cc4o3)c2)C(=O)N(CCO)C1. The molecule has 0 unspecified atom stereocenters. The van der Waals surface area contributed by atoms with Gasteiger partial charge in [0.2, 0.25) is 5.89 Å². The Morgan fingerprint density at radius 3 is 2.93 bits per heavy atom. The Bertz CT molecular complexity index is 1170. The number of aliphatic hydroxyl groups excluding tert-OH is 1. The molecule has 0 atom stereocenters. The smallest absolute Gasteiger partial charge is 0.337 e. The van der Waals surface area contributed by atoms with Gasteiger partial charge < -0.3 is 24.5 Å². The Morgan fingerprint density at radius 1 is 1.33 bits per heavy atom. The van der Waals surface area contributed by atoms with Gasteiger partial charge in [-0.2, -0.15) is 0 Å². The van der Waals surface area contributed by atoms with Crippen molar-refractivity contribution in [1.82, 2.24) is 9.88 Å². The molecule has 0 fully saturated rings. The van der Waals surface area contributed by atoms with Gasteiger partial charge >= 0.3 is 5.97 Å². The second-order valence-corrected chi connectivity index (χ2v) is 7.07. The summed E-state index contributed by atoms with van der Waals surface area (Å²) in [6.45, 7) is -0.0132. The van der Waals surface area contributed by atoms with E-state index in [1.807, 2.05) is 6.07 Å². The summed E-state index contributed by atoms with van der Waals surface area (Å²) in [5.41, 5.74) is 2.83. The van der Waals surface area contributed by atoms with Crippen LogP contribution in [0.2, 0.25) is 5.02 Å². The van der Waals surface area contributed by atoms with E-state index >= 15 is 0 Å². The zero-order valence-electron chi connectivity index (χ0n) is 16.0. The van der Waals surface area contributed by atoms with Crippen molar-refractivity contribution in [2.24, 2.45) is 0 Å². The number of methoxy groups -OCH3 is 1. The molecule has 0 aliphatic carbocycles. The fraction of sp³-hybridized carbons (Fsp3) is 0.190. The quantitative estimate of drug-likeness (QED) is 0.583. The van der Waals surface area contributed by atoms with Crippen LogP contribution in [-0.4, -0.2) is 53.7 Å². The lowest BCUT2D eigenvalue weighted by molar-refractivity contribution is -0.136. The molecule has 0 saturated carbocycles. The van der Waals surface area contributed by atoms with Crippen molar-refractivity contribution in [1.29, 1.82) is 0 Å². The van der Waals surface area contributed by atoms with Crippen LogP contribution in [-0.2, 0) is 14.3 Å². The monoisotopic (exact) mass is 427 g/mol. The number of amides is 1. The number of nitrogens with zero attached hydrogens (tertiary/aromatic N) is 2. The standard InChI is InChI=1S/C21H18ClN3O5/c1-29-21(28)15-11-25(7-8-26)20(27)18(15)23-14-4-2-3-12(9-14)19-24-16-6-5-13(22)10-17(16)30-19/h2-6,9-10,23,26H,7-8,11H2,1H3. The van der Waals surface area contributed by atoms with Gasteiger partial charge in [0.05, 0.1) is 25.8 Å². The first-order chi connectivity index (χ1) is 14.5. The van der Waals surface area contributed by atoms with Crippen LogP contribution in [0.4, 0.5) is 5.69 Å². The zero-order valence-corrected chi connectivity index (χ0v) is 16.8. The number of hydrogen-bond donors (Lipinski definition) is 2. The number of benzene rings is 2. The predicted molar refractivity (Wildman–Crippen MR) is 111 cm³/mol. The van der Waals surface area contributed by atoms with Gasteiger partial charge in [-0.15, -0.1) is 0 Å². The van der Waals surface area contributed by atoms with Crippen molar-refractivity contribution in [2.45, 2.75) is 0 Å². The molecule has 2 N–H and O–H groups in total. The first kappa shape index (κ1) is 19.9. The molecule has 1 aliphatic heterocycles. The summed E-state index contributed by atoms with van der Waals surface area (Å²) < 4.78 is 10.6. The Balaban J connectivity index is 1.66. The number of hydrogen-bond acceptors (Lipinski definition) is 7. The number of anilines is 1. The number of fused-ring (bicyclic) bond motifs is 1. The van der Waals surface area contributed by atoms with E-state index in [-0.39, 0.29) is 36.9 Å². The van der Waals surface area contributed by atoms with Crippen molar-refractivity contribution >= 4 is 40.3 Å². The van der Waals surface area contributed by atoms with E-state index in [2.05, 4.69) is 10.3 Å². The molecule has 154 valence electrons. The van der Waals surface area contributed by atoms with Crippen LogP contribution >= 0.6 is 11.6 Å². The highest BCUT2D eigenvalue weighted by Crippen LogP contribution is 2.29. The molecule has 30 heavy (non-hydrogen) atoms. The molecule has 1 aliphatic rings. The van der Waals surface area contributed by atoms with Crippen molar-refractivity contribution in [3.05, 3.63) is 58.8 Å². The summed E-state index contributed by atoms with van der Waals surface area (Å²) in [4.78, 5) is 30.6. The average Bonchev–Trinajstić information content (AvgIpc) is 3.30. The van der Waals surface area contributed by atoms with Crippen LogP contribution in [0.1, 0.15) is 0 Å².